The number of nitrogens with zero attached hydrogens (tertiary/aromatic N) is 3. The highest BCUT2D eigenvalue weighted by atomic mass is 35.5. The van der Waals surface area contributed by atoms with Crippen molar-refractivity contribution in [3.63, 3.8) is 0 Å². The van der Waals surface area contributed by atoms with Gasteiger partial charge in [-0.05, 0) is 24.3 Å². The smallest absolute Gasteiger partial charge is 0.151 e. The third kappa shape index (κ3) is 2.52. The van der Waals surface area contributed by atoms with Crippen LogP contribution in [0.1, 0.15) is 11.5 Å². The summed E-state index contributed by atoms with van der Waals surface area (Å²) >= 11 is 5.64. The second-order valence-electron chi connectivity index (χ2n) is 3.45. The average molecular weight is 238 g/mol. The molecule has 0 atom stereocenters. The summed E-state index contributed by atoms with van der Waals surface area (Å²) in [7, 11) is 1.94. The van der Waals surface area contributed by atoms with Gasteiger partial charge in [-0.25, -0.2) is 0 Å². The van der Waals surface area contributed by atoms with E-state index in [1.54, 1.807) is 6.26 Å². The molecule has 4 nitrogen and oxygen atoms in total. The van der Waals surface area contributed by atoms with Crippen molar-refractivity contribution in [3.05, 3.63) is 42.0 Å². The number of anilines is 1. The standard InChI is InChI=1S/C11H12ClN3O/c1-15(8-10-3-2-6-16-10)11-5-4-9(7-12)13-14-11/h2-6H,7-8H2,1H3. The lowest BCUT2D eigenvalue weighted by atomic mass is 10.4. The molecule has 0 fully saturated rings. The van der Waals surface area contributed by atoms with Gasteiger partial charge in [0.2, 0.25) is 0 Å². The monoisotopic (exact) mass is 237 g/mol. The Kier molecular flexibility index (Phi) is 3.41. The van der Waals surface area contributed by atoms with Gasteiger partial charge in [0.1, 0.15) is 5.76 Å². The van der Waals surface area contributed by atoms with Crippen molar-refractivity contribution in [2.45, 2.75) is 12.4 Å². The topological polar surface area (TPSA) is 42.2 Å². The lowest BCUT2D eigenvalue weighted by Gasteiger charge is -2.15. The van der Waals surface area contributed by atoms with Crippen LogP contribution in [0.3, 0.4) is 0 Å². The van der Waals surface area contributed by atoms with Gasteiger partial charge in [0.25, 0.3) is 0 Å². The number of hydrogen-bond donors (Lipinski definition) is 0. The largest absolute Gasteiger partial charge is 0.467 e. The van der Waals surface area contributed by atoms with E-state index in [0.717, 1.165) is 17.3 Å². The van der Waals surface area contributed by atoms with Crippen LogP contribution in [0.4, 0.5) is 5.82 Å². The van der Waals surface area contributed by atoms with Crippen LogP contribution in [0.15, 0.2) is 34.9 Å². The zero-order valence-corrected chi connectivity index (χ0v) is 9.68. The zero-order chi connectivity index (χ0) is 11.4. The quantitative estimate of drug-likeness (QED) is 0.766. The second-order valence-corrected chi connectivity index (χ2v) is 3.72. The Morgan fingerprint density at radius 2 is 2.19 bits per heavy atom. The maximum absolute atomic E-state index is 5.64. The molecular formula is C11H12ClN3O. The molecule has 2 heterocycles. The Morgan fingerprint density at radius 1 is 1.31 bits per heavy atom. The molecule has 0 aliphatic rings. The molecule has 0 aliphatic heterocycles. The number of aromatic nitrogens is 2. The first-order chi connectivity index (χ1) is 7.79. The summed E-state index contributed by atoms with van der Waals surface area (Å²) in [4.78, 5) is 1.96. The van der Waals surface area contributed by atoms with Crippen molar-refractivity contribution in [3.8, 4) is 0 Å². The molecule has 5 heteroatoms. The van der Waals surface area contributed by atoms with Gasteiger partial charge in [0.05, 0.1) is 24.4 Å². The van der Waals surface area contributed by atoms with E-state index in [1.807, 2.05) is 36.2 Å². The van der Waals surface area contributed by atoms with Gasteiger partial charge in [-0.1, -0.05) is 0 Å². The maximum Gasteiger partial charge on any atom is 0.151 e. The van der Waals surface area contributed by atoms with E-state index in [2.05, 4.69) is 10.2 Å². The minimum atomic E-state index is 0.384. The summed E-state index contributed by atoms with van der Waals surface area (Å²) in [6.07, 6.45) is 1.66. The molecule has 0 saturated carbocycles. The number of alkyl halides is 1. The van der Waals surface area contributed by atoms with E-state index in [1.165, 1.54) is 0 Å². The fraction of sp³-hybridized carbons (Fsp3) is 0.273. The first-order valence-corrected chi connectivity index (χ1v) is 5.45. The molecule has 0 spiro atoms. The van der Waals surface area contributed by atoms with Gasteiger partial charge < -0.3 is 9.32 Å². The molecule has 0 radical (unpaired) electrons. The summed E-state index contributed by atoms with van der Waals surface area (Å²) in [5.74, 6) is 2.07. The number of hydrogen-bond acceptors (Lipinski definition) is 4. The minimum Gasteiger partial charge on any atom is -0.467 e. The molecule has 0 N–H and O–H groups in total. The third-order valence-electron chi connectivity index (χ3n) is 2.21. The van der Waals surface area contributed by atoms with Gasteiger partial charge in [-0.3, -0.25) is 0 Å². The lowest BCUT2D eigenvalue weighted by molar-refractivity contribution is 0.506. The Bertz CT molecular complexity index is 427. The van der Waals surface area contributed by atoms with Crippen molar-refractivity contribution in [2.75, 3.05) is 11.9 Å². The normalized spacial score (nSPS) is 10.4. The molecule has 2 aromatic heterocycles. The van der Waals surface area contributed by atoms with Crippen molar-refractivity contribution >= 4 is 17.4 Å². The summed E-state index contributed by atoms with van der Waals surface area (Å²) in [5, 5.41) is 8.07. The minimum absolute atomic E-state index is 0.384. The first kappa shape index (κ1) is 11.0. The van der Waals surface area contributed by atoms with Crippen molar-refractivity contribution in [1.82, 2.24) is 10.2 Å². The molecule has 0 saturated heterocycles. The van der Waals surface area contributed by atoms with Gasteiger partial charge in [-0.15, -0.1) is 16.7 Å². The van der Waals surface area contributed by atoms with Gasteiger partial charge in [0, 0.05) is 7.05 Å². The van der Waals surface area contributed by atoms with Crippen LogP contribution in [0.25, 0.3) is 0 Å². The van der Waals surface area contributed by atoms with E-state index in [-0.39, 0.29) is 0 Å². The maximum atomic E-state index is 5.64. The summed E-state index contributed by atoms with van der Waals surface area (Å²) in [6, 6.07) is 7.56. The SMILES string of the molecule is CN(Cc1ccco1)c1ccc(CCl)nn1. The van der Waals surface area contributed by atoms with E-state index in [4.69, 9.17) is 16.0 Å². The third-order valence-corrected chi connectivity index (χ3v) is 2.48. The average Bonchev–Trinajstić information content (AvgIpc) is 2.82. The zero-order valence-electron chi connectivity index (χ0n) is 8.93. The molecule has 16 heavy (non-hydrogen) atoms. The molecule has 0 aliphatic carbocycles. The molecule has 84 valence electrons. The number of furan rings is 1. The van der Waals surface area contributed by atoms with E-state index < -0.39 is 0 Å². The molecule has 0 unspecified atom stereocenters. The summed E-state index contributed by atoms with van der Waals surface area (Å²) < 4.78 is 5.26. The predicted molar refractivity (Wildman–Crippen MR) is 62.4 cm³/mol. The van der Waals surface area contributed by atoms with Crippen LogP contribution in [-0.2, 0) is 12.4 Å². The fourth-order valence-corrected chi connectivity index (χ4v) is 1.49. The molecule has 0 aromatic carbocycles. The van der Waals surface area contributed by atoms with Gasteiger partial charge >= 0.3 is 0 Å². The van der Waals surface area contributed by atoms with Crippen LogP contribution in [-0.4, -0.2) is 17.2 Å². The van der Waals surface area contributed by atoms with Crippen LogP contribution in [0.2, 0.25) is 0 Å². The van der Waals surface area contributed by atoms with E-state index >= 15 is 0 Å². The number of halogens is 1. The molecule has 2 rings (SSSR count). The highest BCUT2D eigenvalue weighted by Gasteiger charge is 2.05. The van der Waals surface area contributed by atoms with Gasteiger partial charge in [-0.2, -0.15) is 5.10 Å². The molecular weight excluding hydrogens is 226 g/mol. The first-order valence-electron chi connectivity index (χ1n) is 4.91. The van der Waals surface area contributed by atoms with Crippen LogP contribution < -0.4 is 4.90 Å². The van der Waals surface area contributed by atoms with Crippen LogP contribution in [0.5, 0.6) is 0 Å². The van der Waals surface area contributed by atoms with Crippen molar-refractivity contribution < 1.29 is 4.42 Å². The molecule has 2 aromatic rings. The van der Waals surface area contributed by atoms with E-state index in [9.17, 15) is 0 Å². The Hall–Kier alpha value is -1.55. The summed E-state index contributed by atoms with van der Waals surface area (Å²) in [6.45, 7) is 0.669. The van der Waals surface area contributed by atoms with Crippen molar-refractivity contribution in [2.24, 2.45) is 0 Å². The number of rotatable bonds is 4. The highest BCUT2D eigenvalue weighted by Crippen LogP contribution is 2.12. The van der Waals surface area contributed by atoms with Crippen LogP contribution in [0, 0.1) is 0 Å². The van der Waals surface area contributed by atoms with Crippen LogP contribution >= 0.6 is 11.6 Å². The Morgan fingerprint density at radius 3 is 2.75 bits per heavy atom. The Labute approximate surface area is 98.8 Å². The molecule has 0 amide bonds. The summed E-state index contributed by atoms with van der Waals surface area (Å²) in [5.41, 5.74) is 0.775. The van der Waals surface area contributed by atoms with E-state index in [0.29, 0.717) is 12.4 Å². The lowest BCUT2D eigenvalue weighted by Crippen LogP contribution is -2.17. The highest BCUT2D eigenvalue weighted by molar-refractivity contribution is 6.16. The Balaban J connectivity index is 2.05. The predicted octanol–water partition coefficient (Wildman–Crippen LogP) is 2.44. The van der Waals surface area contributed by atoms with Crippen molar-refractivity contribution in [1.29, 1.82) is 0 Å². The molecule has 0 bridgehead atoms. The van der Waals surface area contributed by atoms with Gasteiger partial charge in [0.15, 0.2) is 5.82 Å². The second kappa shape index (κ2) is 4.99. The fourth-order valence-electron chi connectivity index (χ4n) is 1.34.